The molecule has 0 unspecified atom stereocenters. The number of piperidine rings is 1. The minimum Gasteiger partial charge on any atom is -0.317 e. The van der Waals surface area contributed by atoms with Crippen molar-refractivity contribution in [3.05, 3.63) is 28.8 Å². The topological polar surface area (TPSA) is 59.8 Å². The summed E-state index contributed by atoms with van der Waals surface area (Å²) >= 11 is 1.74. The largest absolute Gasteiger partial charge is 0.317 e. The Balaban J connectivity index is 2.09. The Morgan fingerprint density at radius 3 is 2.90 bits per heavy atom. The summed E-state index contributed by atoms with van der Waals surface area (Å²) in [6, 6.07) is 2.25. The van der Waals surface area contributed by atoms with Gasteiger partial charge < -0.3 is 5.32 Å². The van der Waals surface area contributed by atoms with Crippen molar-refractivity contribution in [2.24, 2.45) is 0 Å². The molecule has 1 aliphatic rings. The SMILES string of the molecule is CCSc1cnc2c(c1)ncc(=O)n2C1CCNCC1. The lowest BCUT2D eigenvalue weighted by atomic mass is 10.1. The van der Waals surface area contributed by atoms with E-state index in [4.69, 9.17) is 0 Å². The molecule has 0 spiro atoms. The number of fused-ring (bicyclic) bond motifs is 1. The summed E-state index contributed by atoms with van der Waals surface area (Å²) in [5.41, 5.74) is 1.47. The lowest BCUT2D eigenvalue weighted by molar-refractivity contribution is 0.367. The molecule has 3 rings (SSSR count). The average Bonchev–Trinajstić information content (AvgIpc) is 2.48. The predicted octanol–water partition coefficient (Wildman–Crippen LogP) is 1.83. The zero-order valence-corrected chi connectivity index (χ0v) is 12.3. The highest BCUT2D eigenvalue weighted by Gasteiger charge is 2.19. The van der Waals surface area contributed by atoms with E-state index >= 15 is 0 Å². The van der Waals surface area contributed by atoms with E-state index in [9.17, 15) is 4.79 Å². The third-order valence-corrected chi connectivity index (χ3v) is 4.43. The zero-order chi connectivity index (χ0) is 13.9. The number of nitrogens with one attached hydrogen (secondary N) is 1. The van der Waals surface area contributed by atoms with Gasteiger partial charge in [-0.2, -0.15) is 0 Å². The summed E-state index contributed by atoms with van der Waals surface area (Å²) in [6.45, 7) is 4.01. The summed E-state index contributed by atoms with van der Waals surface area (Å²) in [7, 11) is 0. The first kappa shape index (κ1) is 13.6. The lowest BCUT2D eigenvalue weighted by Gasteiger charge is -2.25. The Kier molecular flexibility index (Phi) is 4.03. The fourth-order valence-electron chi connectivity index (χ4n) is 2.66. The van der Waals surface area contributed by atoms with Crippen molar-refractivity contribution in [3.63, 3.8) is 0 Å². The van der Waals surface area contributed by atoms with Crippen LogP contribution < -0.4 is 10.9 Å². The molecule has 2 aromatic rings. The zero-order valence-electron chi connectivity index (χ0n) is 11.5. The number of thioether (sulfide) groups is 1. The maximum atomic E-state index is 12.2. The van der Waals surface area contributed by atoms with Gasteiger partial charge in [0.2, 0.25) is 0 Å². The molecule has 6 heteroatoms. The van der Waals surface area contributed by atoms with Gasteiger partial charge in [0, 0.05) is 17.1 Å². The molecule has 1 saturated heterocycles. The molecule has 0 radical (unpaired) electrons. The minimum absolute atomic E-state index is 0.0483. The summed E-state index contributed by atoms with van der Waals surface area (Å²) in [5, 5.41) is 3.32. The highest BCUT2D eigenvalue weighted by molar-refractivity contribution is 7.99. The second-order valence-corrected chi connectivity index (χ2v) is 6.23. The van der Waals surface area contributed by atoms with Gasteiger partial charge in [-0.15, -0.1) is 11.8 Å². The monoisotopic (exact) mass is 290 g/mol. The first-order valence-electron chi connectivity index (χ1n) is 7.00. The number of nitrogens with zero attached hydrogens (tertiary/aromatic N) is 3. The maximum Gasteiger partial charge on any atom is 0.270 e. The Hall–Kier alpha value is -1.40. The Labute approximate surface area is 121 Å². The summed E-state index contributed by atoms with van der Waals surface area (Å²) in [5.74, 6) is 1.00. The van der Waals surface area contributed by atoms with Crippen LogP contribution >= 0.6 is 11.8 Å². The van der Waals surface area contributed by atoms with E-state index in [1.54, 1.807) is 11.8 Å². The molecule has 2 aromatic heterocycles. The quantitative estimate of drug-likeness (QED) is 0.874. The fourth-order valence-corrected chi connectivity index (χ4v) is 3.32. The molecule has 3 heterocycles. The third-order valence-electron chi connectivity index (χ3n) is 3.59. The number of aromatic nitrogens is 3. The van der Waals surface area contributed by atoms with Crippen LogP contribution in [-0.2, 0) is 0 Å². The molecule has 0 aliphatic carbocycles. The van der Waals surface area contributed by atoms with E-state index in [-0.39, 0.29) is 11.6 Å². The van der Waals surface area contributed by atoms with Gasteiger partial charge in [0.25, 0.3) is 5.56 Å². The fraction of sp³-hybridized carbons (Fsp3) is 0.500. The van der Waals surface area contributed by atoms with Gasteiger partial charge >= 0.3 is 0 Å². The van der Waals surface area contributed by atoms with Crippen LogP contribution in [0.2, 0.25) is 0 Å². The first-order chi connectivity index (χ1) is 9.79. The van der Waals surface area contributed by atoms with Crippen molar-refractivity contribution < 1.29 is 0 Å². The molecule has 1 aliphatic heterocycles. The molecule has 0 bridgehead atoms. The maximum absolute atomic E-state index is 12.2. The number of hydrogen-bond donors (Lipinski definition) is 1. The van der Waals surface area contributed by atoms with Crippen LogP contribution in [0.15, 0.2) is 28.2 Å². The number of rotatable bonds is 3. The van der Waals surface area contributed by atoms with Crippen LogP contribution in [0.25, 0.3) is 11.2 Å². The van der Waals surface area contributed by atoms with E-state index < -0.39 is 0 Å². The number of hydrogen-bond acceptors (Lipinski definition) is 5. The van der Waals surface area contributed by atoms with Crippen LogP contribution in [0.5, 0.6) is 0 Å². The van der Waals surface area contributed by atoms with Crippen LogP contribution in [0.1, 0.15) is 25.8 Å². The van der Waals surface area contributed by atoms with Crippen molar-refractivity contribution in [3.8, 4) is 0 Å². The first-order valence-corrected chi connectivity index (χ1v) is 7.99. The Morgan fingerprint density at radius 1 is 1.35 bits per heavy atom. The summed E-state index contributed by atoms with van der Waals surface area (Å²) < 4.78 is 1.82. The molecular formula is C14H18N4OS. The molecule has 106 valence electrons. The van der Waals surface area contributed by atoms with E-state index in [1.807, 2.05) is 16.8 Å². The van der Waals surface area contributed by atoms with Gasteiger partial charge in [0.15, 0.2) is 5.65 Å². The molecule has 20 heavy (non-hydrogen) atoms. The molecule has 1 fully saturated rings. The molecule has 5 nitrogen and oxygen atoms in total. The normalized spacial score (nSPS) is 16.6. The van der Waals surface area contributed by atoms with E-state index in [0.29, 0.717) is 5.65 Å². The van der Waals surface area contributed by atoms with E-state index in [0.717, 1.165) is 42.1 Å². The third kappa shape index (κ3) is 2.58. The molecule has 0 amide bonds. The van der Waals surface area contributed by atoms with Crippen LogP contribution in [-0.4, -0.2) is 33.4 Å². The minimum atomic E-state index is -0.0483. The van der Waals surface area contributed by atoms with Gasteiger partial charge in [0.05, 0.1) is 6.20 Å². The molecule has 0 atom stereocenters. The van der Waals surface area contributed by atoms with Gasteiger partial charge in [-0.25, -0.2) is 9.97 Å². The van der Waals surface area contributed by atoms with Crippen molar-refractivity contribution in [1.29, 1.82) is 0 Å². The second kappa shape index (κ2) is 5.93. The van der Waals surface area contributed by atoms with Gasteiger partial charge in [-0.1, -0.05) is 6.92 Å². The highest BCUT2D eigenvalue weighted by atomic mass is 32.2. The predicted molar refractivity (Wildman–Crippen MR) is 81.3 cm³/mol. The number of pyridine rings is 1. The van der Waals surface area contributed by atoms with E-state index in [1.165, 1.54) is 6.20 Å². The lowest BCUT2D eigenvalue weighted by Crippen LogP contribution is -2.34. The Morgan fingerprint density at radius 2 is 2.15 bits per heavy atom. The molecule has 1 N–H and O–H groups in total. The van der Waals surface area contributed by atoms with Crippen LogP contribution in [0.4, 0.5) is 0 Å². The summed E-state index contributed by atoms with van der Waals surface area (Å²) in [4.78, 5) is 22.0. The molecule has 0 saturated carbocycles. The highest BCUT2D eigenvalue weighted by Crippen LogP contribution is 2.23. The molecular weight excluding hydrogens is 272 g/mol. The van der Waals surface area contributed by atoms with Crippen molar-refractivity contribution in [1.82, 2.24) is 19.9 Å². The smallest absolute Gasteiger partial charge is 0.270 e. The average molecular weight is 290 g/mol. The van der Waals surface area contributed by atoms with Crippen molar-refractivity contribution in [2.45, 2.75) is 30.7 Å². The van der Waals surface area contributed by atoms with E-state index in [2.05, 4.69) is 22.2 Å². The van der Waals surface area contributed by atoms with Crippen LogP contribution in [0.3, 0.4) is 0 Å². The van der Waals surface area contributed by atoms with Gasteiger partial charge in [-0.05, 0) is 37.8 Å². The summed E-state index contributed by atoms with van der Waals surface area (Å²) in [6.07, 6.45) is 5.19. The van der Waals surface area contributed by atoms with Crippen molar-refractivity contribution in [2.75, 3.05) is 18.8 Å². The van der Waals surface area contributed by atoms with Gasteiger partial charge in [0.1, 0.15) is 5.52 Å². The van der Waals surface area contributed by atoms with Gasteiger partial charge in [-0.3, -0.25) is 9.36 Å². The standard InChI is InChI=1S/C14H18N4OS/c1-2-20-11-7-12-14(17-8-11)18(13(19)9-16-12)10-3-5-15-6-4-10/h7-10,15H,2-6H2,1H3. The Bertz CT molecular complexity index is 664. The second-order valence-electron chi connectivity index (χ2n) is 4.89. The van der Waals surface area contributed by atoms with Crippen molar-refractivity contribution >= 4 is 22.9 Å². The molecule has 0 aromatic carbocycles. The van der Waals surface area contributed by atoms with Crippen LogP contribution in [0, 0.1) is 0 Å².